The number of rotatable bonds is 4. The largest absolute Gasteiger partial charge is 0.496 e. The monoisotopic (exact) mass is 420 g/mol. The van der Waals surface area contributed by atoms with Gasteiger partial charge < -0.3 is 9.84 Å². The van der Waals surface area contributed by atoms with E-state index in [1.807, 2.05) is 0 Å². The van der Waals surface area contributed by atoms with Gasteiger partial charge in [0, 0.05) is 10.9 Å². The summed E-state index contributed by atoms with van der Waals surface area (Å²) in [4.78, 5) is 0. The Bertz CT molecular complexity index is 639. The Morgan fingerprint density at radius 3 is 2.29 bits per heavy atom. The van der Waals surface area contributed by atoms with Gasteiger partial charge in [0.05, 0.1) is 23.2 Å². The van der Waals surface area contributed by atoms with Crippen molar-refractivity contribution in [2.75, 3.05) is 7.11 Å². The lowest BCUT2D eigenvalue weighted by Crippen LogP contribution is -2.07. The summed E-state index contributed by atoms with van der Waals surface area (Å²) in [6, 6.07) is 7.47. The van der Waals surface area contributed by atoms with Crippen LogP contribution in [0.3, 0.4) is 0 Å². The van der Waals surface area contributed by atoms with Crippen LogP contribution in [-0.4, -0.2) is 12.2 Å². The van der Waals surface area contributed by atoms with Crippen molar-refractivity contribution in [3.63, 3.8) is 0 Å². The maximum Gasteiger partial charge on any atom is 0.133 e. The molecule has 1 unspecified atom stereocenters. The molecule has 112 valence electrons. The Labute approximate surface area is 138 Å². The van der Waals surface area contributed by atoms with Crippen molar-refractivity contribution >= 4 is 31.9 Å². The predicted molar refractivity (Wildman–Crippen MR) is 83.4 cm³/mol. The van der Waals surface area contributed by atoms with Gasteiger partial charge in [0.2, 0.25) is 0 Å². The van der Waals surface area contributed by atoms with Gasteiger partial charge in [-0.25, -0.2) is 8.78 Å². The second-order valence-electron chi connectivity index (χ2n) is 4.47. The molecule has 2 aromatic carbocycles. The van der Waals surface area contributed by atoms with Gasteiger partial charge in [0.1, 0.15) is 17.4 Å². The first-order valence-electron chi connectivity index (χ1n) is 6.07. The molecule has 0 saturated heterocycles. The molecule has 0 aliphatic rings. The minimum atomic E-state index is -1.27. The molecule has 0 heterocycles. The molecule has 21 heavy (non-hydrogen) atoms. The Balaban J connectivity index is 2.26. The molecule has 2 nitrogen and oxygen atoms in total. The highest BCUT2D eigenvalue weighted by Crippen LogP contribution is 2.30. The quantitative estimate of drug-likeness (QED) is 0.770. The third-order valence-corrected chi connectivity index (χ3v) is 4.10. The van der Waals surface area contributed by atoms with Crippen molar-refractivity contribution in [3.8, 4) is 5.75 Å². The smallest absolute Gasteiger partial charge is 0.133 e. The molecule has 0 aliphatic heterocycles. The van der Waals surface area contributed by atoms with Gasteiger partial charge in [-0.2, -0.15) is 0 Å². The third kappa shape index (κ3) is 3.81. The molecule has 0 aromatic heterocycles. The van der Waals surface area contributed by atoms with Crippen LogP contribution in [0.15, 0.2) is 39.3 Å². The average Bonchev–Trinajstić information content (AvgIpc) is 2.37. The summed E-state index contributed by atoms with van der Waals surface area (Å²) >= 11 is 6.34. The normalized spacial score (nSPS) is 12.3. The van der Waals surface area contributed by atoms with Gasteiger partial charge in [0.15, 0.2) is 0 Å². The maximum atomic E-state index is 13.8. The number of hydrogen-bond acceptors (Lipinski definition) is 2. The lowest BCUT2D eigenvalue weighted by Gasteiger charge is -2.14. The van der Waals surface area contributed by atoms with E-state index >= 15 is 0 Å². The number of aliphatic hydroxyl groups is 1. The zero-order chi connectivity index (χ0) is 15.6. The van der Waals surface area contributed by atoms with Gasteiger partial charge in [-0.3, -0.25) is 0 Å². The molecular formula is C15H12Br2F2O2. The van der Waals surface area contributed by atoms with E-state index in [1.54, 1.807) is 25.3 Å². The Morgan fingerprint density at radius 1 is 1.14 bits per heavy atom. The van der Waals surface area contributed by atoms with Crippen LogP contribution in [0, 0.1) is 11.6 Å². The molecule has 6 heteroatoms. The fraction of sp³-hybridized carbons (Fsp3) is 0.200. The molecule has 0 fully saturated rings. The minimum Gasteiger partial charge on any atom is -0.496 e. The fourth-order valence-electron chi connectivity index (χ4n) is 2.03. The summed E-state index contributed by atoms with van der Waals surface area (Å²) in [6.45, 7) is 0. The number of benzene rings is 2. The van der Waals surface area contributed by atoms with Crippen molar-refractivity contribution in [1.82, 2.24) is 0 Å². The zero-order valence-corrected chi connectivity index (χ0v) is 14.2. The van der Waals surface area contributed by atoms with Gasteiger partial charge >= 0.3 is 0 Å². The van der Waals surface area contributed by atoms with Crippen LogP contribution in [0.2, 0.25) is 0 Å². The van der Waals surface area contributed by atoms with E-state index in [9.17, 15) is 13.9 Å². The van der Waals surface area contributed by atoms with Crippen molar-refractivity contribution in [3.05, 3.63) is 62.0 Å². The summed E-state index contributed by atoms with van der Waals surface area (Å²) in [7, 11) is 1.54. The molecule has 1 N–H and O–H groups in total. The summed E-state index contributed by atoms with van der Waals surface area (Å²) in [5, 5.41) is 10.1. The van der Waals surface area contributed by atoms with E-state index in [2.05, 4.69) is 31.9 Å². The van der Waals surface area contributed by atoms with Gasteiger partial charge in [-0.1, -0.05) is 22.0 Å². The zero-order valence-electron chi connectivity index (χ0n) is 11.0. The van der Waals surface area contributed by atoms with Crippen LogP contribution < -0.4 is 4.74 Å². The van der Waals surface area contributed by atoms with E-state index in [0.29, 0.717) is 14.7 Å². The molecule has 0 spiro atoms. The van der Waals surface area contributed by atoms with E-state index in [0.717, 1.165) is 17.7 Å². The fourth-order valence-corrected chi connectivity index (χ4v) is 3.02. The first kappa shape index (κ1) is 16.4. The second-order valence-corrected chi connectivity index (χ2v) is 6.24. The van der Waals surface area contributed by atoms with E-state index < -0.39 is 17.7 Å². The van der Waals surface area contributed by atoms with Crippen LogP contribution in [0.1, 0.15) is 17.2 Å². The predicted octanol–water partition coefficient (Wildman–Crippen LogP) is 4.77. The Hall–Kier alpha value is -0.980. The van der Waals surface area contributed by atoms with Gasteiger partial charge in [0.25, 0.3) is 0 Å². The van der Waals surface area contributed by atoms with Gasteiger partial charge in [-0.05, 0) is 45.8 Å². The number of hydrogen-bond donors (Lipinski definition) is 1. The van der Waals surface area contributed by atoms with Crippen molar-refractivity contribution in [1.29, 1.82) is 0 Å². The van der Waals surface area contributed by atoms with E-state index in [4.69, 9.17) is 4.74 Å². The number of aliphatic hydroxyl groups excluding tert-OH is 1. The van der Waals surface area contributed by atoms with Crippen LogP contribution in [0.25, 0.3) is 0 Å². The standard InChI is InChI=1S/C15H12Br2F2O2/c1-21-14-3-2-8(4-10(14)17)5-13(20)15-11(18)6-9(16)7-12(15)19/h2-4,6-7,13,20H,5H2,1H3. The molecule has 2 aromatic rings. The molecular weight excluding hydrogens is 410 g/mol. The molecule has 1 atom stereocenters. The third-order valence-electron chi connectivity index (χ3n) is 3.02. The van der Waals surface area contributed by atoms with Crippen LogP contribution >= 0.6 is 31.9 Å². The summed E-state index contributed by atoms with van der Waals surface area (Å²) in [5.74, 6) is -0.904. The average molecular weight is 422 g/mol. The van der Waals surface area contributed by atoms with Crippen molar-refractivity contribution < 1.29 is 18.6 Å². The Kier molecular flexibility index (Phi) is 5.35. The summed E-state index contributed by atoms with van der Waals surface area (Å²) in [6.07, 6.45) is -1.17. The molecule has 2 rings (SSSR count). The number of methoxy groups -OCH3 is 1. The summed E-state index contributed by atoms with van der Waals surface area (Å²) in [5.41, 5.74) is 0.405. The SMILES string of the molecule is COc1ccc(CC(O)c2c(F)cc(Br)cc2F)cc1Br. The first-order chi connectivity index (χ1) is 9.92. The maximum absolute atomic E-state index is 13.8. The first-order valence-corrected chi connectivity index (χ1v) is 7.66. The highest BCUT2D eigenvalue weighted by Gasteiger charge is 2.19. The molecule has 0 aliphatic carbocycles. The van der Waals surface area contributed by atoms with E-state index in [-0.39, 0.29) is 12.0 Å². The lowest BCUT2D eigenvalue weighted by atomic mass is 10.0. The number of halogens is 4. The molecule has 0 amide bonds. The summed E-state index contributed by atoms with van der Waals surface area (Å²) < 4.78 is 33.7. The molecule has 0 radical (unpaired) electrons. The van der Waals surface area contributed by atoms with Gasteiger partial charge in [-0.15, -0.1) is 0 Å². The molecule has 0 bridgehead atoms. The second kappa shape index (κ2) is 6.85. The van der Waals surface area contributed by atoms with Crippen molar-refractivity contribution in [2.45, 2.75) is 12.5 Å². The number of ether oxygens (including phenoxy) is 1. The van der Waals surface area contributed by atoms with E-state index in [1.165, 1.54) is 0 Å². The highest BCUT2D eigenvalue weighted by atomic mass is 79.9. The minimum absolute atomic E-state index is 0.0953. The van der Waals surface area contributed by atoms with Crippen molar-refractivity contribution in [2.24, 2.45) is 0 Å². The lowest BCUT2D eigenvalue weighted by molar-refractivity contribution is 0.168. The Morgan fingerprint density at radius 2 is 1.76 bits per heavy atom. The molecule has 0 saturated carbocycles. The highest BCUT2D eigenvalue weighted by molar-refractivity contribution is 9.10. The van der Waals surface area contributed by atoms with Crippen LogP contribution in [-0.2, 0) is 6.42 Å². The van der Waals surface area contributed by atoms with Crippen LogP contribution in [0.5, 0.6) is 5.75 Å². The topological polar surface area (TPSA) is 29.5 Å². The van der Waals surface area contributed by atoms with Crippen LogP contribution in [0.4, 0.5) is 8.78 Å².